The fourth-order valence-corrected chi connectivity index (χ4v) is 1.58. The highest BCUT2D eigenvalue weighted by Gasteiger charge is 2.24. The van der Waals surface area contributed by atoms with E-state index in [1.54, 1.807) is 13.8 Å². The summed E-state index contributed by atoms with van der Waals surface area (Å²) < 4.78 is 0. The summed E-state index contributed by atoms with van der Waals surface area (Å²) in [7, 11) is 0. The molecule has 4 nitrogen and oxygen atoms in total. The Morgan fingerprint density at radius 2 is 1.67 bits per heavy atom. The van der Waals surface area contributed by atoms with E-state index >= 15 is 0 Å². The maximum absolute atomic E-state index is 11.4. The SMILES string of the molecule is CC(C)C(=O)OOC(=O)C1CCCCC1. The van der Waals surface area contributed by atoms with Gasteiger partial charge < -0.3 is 0 Å². The van der Waals surface area contributed by atoms with Crippen molar-refractivity contribution in [2.75, 3.05) is 0 Å². The van der Waals surface area contributed by atoms with Gasteiger partial charge in [0, 0.05) is 0 Å². The van der Waals surface area contributed by atoms with Crippen LogP contribution < -0.4 is 0 Å². The second kappa shape index (κ2) is 5.73. The van der Waals surface area contributed by atoms with Crippen molar-refractivity contribution < 1.29 is 19.4 Å². The molecule has 1 aliphatic rings. The van der Waals surface area contributed by atoms with Gasteiger partial charge in [0.25, 0.3) is 0 Å². The zero-order valence-corrected chi connectivity index (χ0v) is 9.32. The Morgan fingerprint density at radius 3 is 2.20 bits per heavy atom. The largest absolute Gasteiger partial charge is 0.358 e. The minimum absolute atomic E-state index is 0.0845. The maximum atomic E-state index is 11.4. The third-order valence-electron chi connectivity index (χ3n) is 2.62. The molecule has 0 aliphatic heterocycles. The van der Waals surface area contributed by atoms with Gasteiger partial charge in [0.1, 0.15) is 0 Å². The second-order valence-electron chi connectivity index (χ2n) is 4.29. The fourth-order valence-electron chi connectivity index (χ4n) is 1.58. The predicted octanol–water partition coefficient (Wildman–Crippen LogP) is 2.22. The fraction of sp³-hybridized carbons (Fsp3) is 0.818. The van der Waals surface area contributed by atoms with Crippen LogP contribution >= 0.6 is 0 Å². The summed E-state index contributed by atoms with van der Waals surface area (Å²) in [6.45, 7) is 3.38. The summed E-state index contributed by atoms with van der Waals surface area (Å²) in [6.07, 6.45) is 4.97. The van der Waals surface area contributed by atoms with Gasteiger partial charge in [0.05, 0.1) is 11.8 Å². The number of hydrogen-bond acceptors (Lipinski definition) is 4. The average Bonchev–Trinajstić information content (AvgIpc) is 2.26. The van der Waals surface area contributed by atoms with Crippen molar-refractivity contribution in [3.05, 3.63) is 0 Å². The van der Waals surface area contributed by atoms with Crippen LogP contribution in [0.1, 0.15) is 46.0 Å². The van der Waals surface area contributed by atoms with Crippen molar-refractivity contribution >= 4 is 11.9 Å². The molecule has 15 heavy (non-hydrogen) atoms. The lowest BCUT2D eigenvalue weighted by molar-refractivity contribution is -0.265. The minimum Gasteiger partial charge on any atom is -0.247 e. The first-order valence-electron chi connectivity index (χ1n) is 5.53. The van der Waals surface area contributed by atoms with Crippen LogP contribution in [-0.2, 0) is 19.4 Å². The molecule has 0 atom stereocenters. The summed E-state index contributed by atoms with van der Waals surface area (Å²) in [6, 6.07) is 0. The Balaban J connectivity index is 2.26. The van der Waals surface area contributed by atoms with E-state index in [0.717, 1.165) is 25.7 Å². The third-order valence-corrected chi connectivity index (χ3v) is 2.62. The lowest BCUT2D eigenvalue weighted by Crippen LogP contribution is -2.23. The van der Waals surface area contributed by atoms with Crippen LogP contribution in [0.15, 0.2) is 0 Å². The molecular formula is C11H18O4. The highest BCUT2D eigenvalue weighted by Crippen LogP contribution is 2.24. The molecule has 1 fully saturated rings. The van der Waals surface area contributed by atoms with E-state index in [1.165, 1.54) is 6.42 Å². The van der Waals surface area contributed by atoms with Crippen LogP contribution in [0.2, 0.25) is 0 Å². The van der Waals surface area contributed by atoms with Crippen molar-refractivity contribution in [2.24, 2.45) is 11.8 Å². The normalized spacial score (nSPS) is 17.5. The van der Waals surface area contributed by atoms with Crippen LogP contribution in [0, 0.1) is 11.8 Å². The van der Waals surface area contributed by atoms with Gasteiger partial charge in [-0.15, -0.1) is 0 Å². The van der Waals surface area contributed by atoms with Gasteiger partial charge in [0.2, 0.25) is 0 Å². The van der Waals surface area contributed by atoms with Crippen LogP contribution in [0.25, 0.3) is 0 Å². The molecule has 0 N–H and O–H groups in total. The van der Waals surface area contributed by atoms with E-state index in [-0.39, 0.29) is 11.8 Å². The Morgan fingerprint density at radius 1 is 1.07 bits per heavy atom. The Bertz CT molecular complexity index is 229. The predicted molar refractivity (Wildman–Crippen MR) is 53.6 cm³/mol. The summed E-state index contributed by atoms with van der Waals surface area (Å²) >= 11 is 0. The summed E-state index contributed by atoms with van der Waals surface area (Å²) in [5.74, 6) is -1.26. The van der Waals surface area contributed by atoms with Crippen molar-refractivity contribution in [1.29, 1.82) is 0 Å². The highest BCUT2D eigenvalue weighted by molar-refractivity contribution is 5.75. The zero-order valence-electron chi connectivity index (χ0n) is 9.32. The van der Waals surface area contributed by atoms with E-state index in [9.17, 15) is 9.59 Å². The molecule has 0 radical (unpaired) electrons. The Labute approximate surface area is 89.9 Å². The standard InChI is InChI=1S/C11H18O4/c1-8(2)10(12)14-15-11(13)9-6-4-3-5-7-9/h8-9H,3-7H2,1-2H3. The zero-order chi connectivity index (χ0) is 11.3. The molecule has 0 heterocycles. The van der Waals surface area contributed by atoms with Crippen LogP contribution in [0.3, 0.4) is 0 Å². The van der Waals surface area contributed by atoms with Crippen LogP contribution in [0.5, 0.6) is 0 Å². The van der Waals surface area contributed by atoms with Gasteiger partial charge >= 0.3 is 11.9 Å². The molecule has 4 heteroatoms. The third kappa shape index (κ3) is 3.90. The lowest BCUT2D eigenvalue weighted by atomic mass is 9.89. The first kappa shape index (κ1) is 12.0. The minimum atomic E-state index is -0.501. The first-order chi connectivity index (χ1) is 7.11. The number of carbonyl (C=O) groups is 2. The quantitative estimate of drug-likeness (QED) is 0.522. The van der Waals surface area contributed by atoms with Gasteiger partial charge in [-0.2, -0.15) is 0 Å². The molecule has 1 aliphatic carbocycles. The van der Waals surface area contributed by atoms with Gasteiger partial charge in [-0.3, -0.25) is 0 Å². The first-order valence-corrected chi connectivity index (χ1v) is 5.53. The van der Waals surface area contributed by atoms with Gasteiger partial charge in [-0.1, -0.05) is 33.1 Å². The molecule has 0 spiro atoms. The van der Waals surface area contributed by atoms with Gasteiger partial charge in [-0.25, -0.2) is 19.4 Å². The molecule has 0 amide bonds. The maximum Gasteiger partial charge on any atom is 0.358 e. The van der Waals surface area contributed by atoms with Crippen molar-refractivity contribution in [1.82, 2.24) is 0 Å². The molecular weight excluding hydrogens is 196 g/mol. The second-order valence-corrected chi connectivity index (χ2v) is 4.29. The van der Waals surface area contributed by atoms with Crippen molar-refractivity contribution in [2.45, 2.75) is 46.0 Å². The molecule has 0 unspecified atom stereocenters. The van der Waals surface area contributed by atoms with Gasteiger partial charge in [0.15, 0.2) is 0 Å². The molecule has 86 valence electrons. The molecule has 0 saturated heterocycles. The Kier molecular flexibility index (Phi) is 4.59. The molecule has 0 bridgehead atoms. The van der Waals surface area contributed by atoms with E-state index in [2.05, 4.69) is 9.78 Å². The van der Waals surface area contributed by atoms with E-state index in [1.807, 2.05) is 0 Å². The monoisotopic (exact) mass is 214 g/mol. The summed E-state index contributed by atoms with van der Waals surface area (Å²) in [5, 5.41) is 0. The topological polar surface area (TPSA) is 52.6 Å². The highest BCUT2D eigenvalue weighted by atomic mass is 17.2. The lowest BCUT2D eigenvalue weighted by Gasteiger charge is -2.18. The summed E-state index contributed by atoms with van der Waals surface area (Å²) in [4.78, 5) is 31.4. The average molecular weight is 214 g/mol. The molecule has 0 aromatic rings. The molecule has 0 aromatic heterocycles. The number of carbonyl (C=O) groups excluding carboxylic acids is 2. The molecule has 0 aromatic carbocycles. The number of rotatable bonds is 2. The van der Waals surface area contributed by atoms with Gasteiger partial charge in [-0.05, 0) is 12.8 Å². The van der Waals surface area contributed by atoms with E-state index in [4.69, 9.17) is 0 Å². The molecule has 1 saturated carbocycles. The van der Waals surface area contributed by atoms with Crippen LogP contribution in [0.4, 0.5) is 0 Å². The van der Waals surface area contributed by atoms with Crippen LogP contribution in [-0.4, -0.2) is 11.9 Å². The van der Waals surface area contributed by atoms with E-state index in [0.29, 0.717) is 0 Å². The summed E-state index contributed by atoms with van der Waals surface area (Å²) in [5.41, 5.74) is 0. The van der Waals surface area contributed by atoms with Crippen molar-refractivity contribution in [3.8, 4) is 0 Å². The molecule has 1 rings (SSSR count). The Hall–Kier alpha value is -1.06. The van der Waals surface area contributed by atoms with Crippen molar-refractivity contribution in [3.63, 3.8) is 0 Å². The smallest absolute Gasteiger partial charge is 0.247 e. The number of hydrogen-bond donors (Lipinski definition) is 0. The van der Waals surface area contributed by atoms with E-state index < -0.39 is 11.9 Å².